The maximum atomic E-state index is 2.32. The molecule has 1 nitrogen and oxygen atoms in total. The molecule has 1 heteroatoms. The molecule has 4 aromatic rings. The molecular formula is C23H22N+. The summed E-state index contributed by atoms with van der Waals surface area (Å²) in [5.74, 6) is 0. The minimum Gasteiger partial charge on any atom is -0.200 e. The first-order chi connectivity index (χ1) is 11.5. The van der Waals surface area contributed by atoms with Crippen LogP contribution in [0.5, 0.6) is 0 Å². The van der Waals surface area contributed by atoms with E-state index in [0.717, 1.165) is 0 Å². The molecule has 4 rings (SSSR count). The van der Waals surface area contributed by atoms with Crippen molar-refractivity contribution in [3.63, 3.8) is 0 Å². The lowest BCUT2D eigenvalue weighted by Gasteiger charge is -2.10. The Morgan fingerprint density at radius 1 is 0.708 bits per heavy atom. The molecule has 0 aliphatic rings. The van der Waals surface area contributed by atoms with Crippen LogP contribution in [0.15, 0.2) is 60.8 Å². The molecule has 0 amide bonds. The third-order valence-corrected chi connectivity index (χ3v) is 5.04. The largest absolute Gasteiger partial charge is 0.213 e. The zero-order valence-corrected chi connectivity index (χ0v) is 14.7. The summed E-state index contributed by atoms with van der Waals surface area (Å²) in [4.78, 5) is 0. The van der Waals surface area contributed by atoms with Crippen molar-refractivity contribution in [2.75, 3.05) is 0 Å². The lowest BCUT2D eigenvalue weighted by Crippen LogP contribution is -2.30. The topological polar surface area (TPSA) is 3.88 Å². The first-order valence-electron chi connectivity index (χ1n) is 8.43. The minimum absolute atomic E-state index is 1.27. The van der Waals surface area contributed by atoms with Crippen LogP contribution in [0.1, 0.15) is 16.7 Å². The van der Waals surface area contributed by atoms with Gasteiger partial charge in [0.25, 0.3) is 0 Å². The van der Waals surface area contributed by atoms with Crippen molar-refractivity contribution in [3.8, 4) is 11.3 Å². The fraction of sp³-hybridized carbons (Fsp3) is 0.174. The predicted molar refractivity (Wildman–Crippen MR) is 102 cm³/mol. The number of nitrogens with zero attached hydrogens (tertiary/aromatic N) is 1. The number of hydrogen-bond donors (Lipinski definition) is 0. The number of hydrogen-bond acceptors (Lipinski definition) is 0. The normalized spacial score (nSPS) is 11.3. The van der Waals surface area contributed by atoms with E-state index in [9.17, 15) is 0 Å². The zero-order valence-electron chi connectivity index (χ0n) is 14.7. The summed E-state index contributed by atoms with van der Waals surface area (Å²) in [6.07, 6.45) is 2.24. The average molecular weight is 312 g/mol. The lowest BCUT2D eigenvalue weighted by molar-refractivity contribution is -0.659. The highest BCUT2D eigenvalue weighted by Crippen LogP contribution is 2.28. The molecule has 0 saturated carbocycles. The standard InChI is InChI=1S/C23H22N/c1-15-9-16(2)17(3)22(10-15)23-13-20-11-18-7-5-6-8-19(18)12-21(20)14-24(23)4/h5-14H,1-4H3/q+1. The van der Waals surface area contributed by atoms with E-state index in [1.807, 2.05) is 0 Å². The van der Waals surface area contributed by atoms with E-state index in [4.69, 9.17) is 0 Å². The molecule has 0 aliphatic heterocycles. The van der Waals surface area contributed by atoms with Gasteiger partial charge in [0.05, 0.1) is 0 Å². The van der Waals surface area contributed by atoms with Crippen LogP contribution in [0.25, 0.3) is 32.8 Å². The lowest BCUT2D eigenvalue weighted by atomic mass is 9.96. The van der Waals surface area contributed by atoms with Crippen molar-refractivity contribution in [2.45, 2.75) is 20.8 Å². The molecular weight excluding hydrogens is 290 g/mol. The van der Waals surface area contributed by atoms with Crippen molar-refractivity contribution >= 4 is 21.5 Å². The zero-order chi connectivity index (χ0) is 16.8. The molecule has 118 valence electrons. The van der Waals surface area contributed by atoms with Crippen molar-refractivity contribution in [3.05, 3.63) is 77.5 Å². The van der Waals surface area contributed by atoms with Gasteiger partial charge in [0, 0.05) is 17.0 Å². The second-order valence-electron chi connectivity index (χ2n) is 6.85. The Balaban J connectivity index is 2.03. The summed E-state index contributed by atoms with van der Waals surface area (Å²) in [5.41, 5.74) is 6.61. The Bertz CT molecular complexity index is 1090. The van der Waals surface area contributed by atoms with Crippen LogP contribution in [0.2, 0.25) is 0 Å². The van der Waals surface area contributed by atoms with Gasteiger partial charge in [-0.15, -0.1) is 0 Å². The van der Waals surface area contributed by atoms with Gasteiger partial charge in [-0.05, 0) is 66.3 Å². The number of benzene rings is 3. The fourth-order valence-corrected chi connectivity index (χ4v) is 3.61. The Kier molecular flexibility index (Phi) is 3.38. The quantitative estimate of drug-likeness (QED) is 0.327. The molecule has 0 N–H and O–H groups in total. The van der Waals surface area contributed by atoms with Gasteiger partial charge in [-0.2, -0.15) is 0 Å². The number of fused-ring (bicyclic) bond motifs is 2. The fourth-order valence-electron chi connectivity index (χ4n) is 3.61. The molecule has 1 heterocycles. The third kappa shape index (κ3) is 2.37. The van der Waals surface area contributed by atoms with Gasteiger partial charge in [-0.25, -0.2) is 4.57 Å². The number of aryl methyl sites for hydroxylation is 3. The highest BCUT2D eigenvalue weighted by Gasteiger charge is 2.16. The summed E-state index contributed by atoms with van der Waals surface area (Å²) in [6.45, 7) is 6.58. The second-order valence-corrected chi connectivity index (χ2v) is 6.85. The molecule has 0 radical (unpaired) electrons. The molecule has 3 aromatic carbocycles. The number of aromatic nitrogens is 1. The van der Waals surface area contributed by atoms with Gasteiger partial charge in [-0.3, -0.25) is 0 Å². The Morgan fingerprint density at radius 3 is 2.08 bits per heavy atom. The smallest absolute Gasteiger partial charge is 0.200 e. The van der Waals surface area contributed by atoms with E-state index < -0.39 is 0 Å². The van der Waals surface area contributed by atoms with E-state index >= 15 is 0 Å². The highest BCUT2D eigenvalue weighted by molar-refractivity contribution is 5.98. The molecule has 0 spiro atoms. The molecule has 0 aliphatic carbocycles. The number of pyridine rings is 1. The van der Waals surface area contributed by atoms with E-state index in [1.165, 1.54) is 49.5 Å². The molecule has 0 atom stereocenters. The average Bonchev–Trinajstić information content (AvgIpc) is 2.56. The Labute approximate surface area is 143 Å². The first-order valence-corrected chi connectivity index (χ1v) is 8.43. The monoisotopic (exact) mass is 312 g/mol. The maximum absolute atomic E-state index is 2.32. The van der Waals surface area contributed by atoms with Crippen molar-refractivity contribution < 1.29 is 4.57 Å². The van der Waals surface area contributed by atoms with Crippen LogP contribution in [0, 0.1) is 20.8 Å². The van der Waals surface area contributed by atoms with Gasteiger partial charge in [-0.1, -0.05) is 35.9 Å². The van der Waals surface area contributed by atoms with Gasteiger partial charge in [0.2, 0.25) is 5.69 Å². The van der Waals surface area contributed by atoms with Crippen LogP contribution in [-0.2, 0) is 7.05 Å². The van der Waals surface area contributed by atoms with Gasteiger partial charge >= 0.3 is 0 Å². The molecule has 0 unspecified atom stereocenters. The Hall–Kier alpha value is -2.67. The van der Waals surface area contributed by atoms with Gasteiger partial charge in [0.1, 0.15) is 7.05 Å². The summed E-state index contributed by atoms with van der Waals surface area (Å²) in [6, 6.07) is 20.0. The van der Waals surface area contributed by atoms with Gasteiger partial charge < -0.3 is 0 Å². The molecule has 1 aromatic heterocycles. The summed E-state index contributed by atoms with van der Waals surface area (Å²) in [7, 11) is 2.14. The SMILES string of the molecule is Cc1cc(C)c(C)c(-c2cc3cc4ccccc4cc3c[n+]2C)c1. The second kappa shape index (κ2) is 5.45. The van der Waals surface area contributed by atoms with Crippen LogP contribution in [0.3, 0.4) is 0 Å². The van der Waals surface area contributed by atoms with Gasteiger partial charge in [0.15, 0.2) is 6.20 Å². The summed E-state index contributed by atoms with van der Waals surface area (Å²) >= 11 is 0. The third-order valence-electron chi connectivity index (χ3n) is 5.04. The van der Waals surface area contributed by atoms with E-state index in [2.05, 4.69) is 93.2 Å². The van der Waals surface area contributed by atoms with E-state index in [0.29, 0.717) is 0 Å². The molecule has 0 fully saturated rings. The van der Waals surface area contributed by atoms with Crippen LogP contribution in [0.4, 0.5) is 0 Å². The molecule has 24 heavy (non-hydrogen) atoms. The minimum atomic E-state index is 1.27. The van der Waals surface area contributed by atoms with Crippen LogP contribution >= 0.6 is 0 Å². The highest BCUT2D eigenvalue weighted by atomic mass is 14.9. The van der Waals surface area contributed by atoms with Crippen molar-refractivity contribution in [1.29, 1.82) is 0 Å². The summed E-state index contributed by atoms with van der Waals surface area (Å²) in [5, 5.41) is 5.16. The van der Waals surface area contributed by atoms with Crippen molar-refractivity contribution in [1.82, 2.24) is 0 Å². The molecule has 0 bridgehead atoms. The maximum Gasteiger partial charge on any atom is 0.213 e. The molecule has 0 saturated heterocycles. The van der Waals surface area contributed by atoms with E-state index in [-0.39, 0.29) is 0 Å². The van der Waals surface area contributed by atoms with E-state index in [1.54, 1.807) is 0 Å². The Morgan fingerprint density at radius 2 is 1.38 bits per heavy atom. The summed E-state index contributed by atoms with van der Waals surface area (Å²) < 4.78 is 2.25. The number of rotatable bonds is 1. The predicted octanol–water partition coefficient (Wildman–Crippen LogP) is 5.41. The van der Waals surface area contributed by atoms with Crippen molar-refractivity contribution in [2.24, 2.45) is 7.05 Å². The van der Waals surface area contributed by atoms with Crippen LogP contribution in [-0.4, -0.2) is 0 Å². The van der Waals surface area contributed by atoms with Crippen LogP contribution < -0.4 is 4.57 Å². The first kappa shape index (κ1) is 14.9.